The molecule has 21 heavy (non-hydrogen) atoms. The summed E-state index contributed by atoms with van der Waals surface area (Å²) in [5.41, 5.74) is 0.219. The predicted octanol–water partition coefficient (Wildman–Crippen LogP) is 2.11. The van der Waals surface area contributed by atoms with Gasteiger partial charge in [-0.05, 0) is 24.7 Å². The Labute approximate surface area is 127 Å². The fourth-order valence-corrected chi connectivity index (χ4v) is 3.59. The fourth-order valence-electron chi connectivity index (χ4n) is 2.26. The summed E-state index contributed by atoms with van der Waals surface area (Å²) in [4.78, 5) is 8.33. The molecule has 1 fully saturated rings. The van der Waals surface area contributed by atoms with Gasteiger partial charge in [0.1, 0.15) is 4.90 Å². The lowest BCUT2D eigenvalue weighted by molar-refractivity contribution is 0.196. The Balaban J connectivity index is 2.09. The minimum atomic E-state index is -3.47. The molecule has 0 bridgehead atoms. The third-order valence-corrected chi connectivity index (χ3v) is 5.73. The molecule has 2 heterocycles. The van der Waals surface area contributed by atoms with Crippen molar-refractivity contribution in [3.8, 4) is 0 Å². The molecule has 0 aliphatic carbocycles. The standard InChI is InChI=1S/C14H24N4O2S/c1-4-7-15-13-16-10-12(11-17-13)21(19,20)18-8-5-14(2,3)6-9-18/h10-11H,4-9H2,1-3H3,(H,15,16,17). The van der Waals surface area contributed by atoms with Gasteiger partial charge in [-0.25, -0.2) is 18.4 Å². The molecule has 0 amide bonds. The summed E-state index contributed by atoms with van der Waals surface area (Å²) in [5, 5.41) is 3.03. The SMILES string of the molecule is CCCNc1ncc(S(=O)(=O)N2CCC(C)(C)CC2)cn1. The first-order chi connectivity index (χ1) is 9.85. The van der Waals surface area contributed by atoms with E-state index in [2.05, 4.69) is 29.1 Å². The lowest BCUT2D eigenvalue weighted by atomic mass is 9.83. The summed E-state index contributed by atoms with van der Waals surface area (Å²) in [5.74, 6) is 0.468. The molecule has 0 saturated carbocycles. The van der Waals surface area contributed by atoms with Crippen LogP contribution < -0.4 is 5.32 Å². The van der Waals surface area contributed by atoms with Crippen LogP contribution in [0, 0.1) is 5.41 Å². The molecule has 0 unspecified atom stereocenters. The monoisotopic (exact) mass is 312 g/mol. The van der Waals surface area contributed by atoms with Crippen LogP contribution in [0.5, 0.6) is 0 Å². The van der Waals surface area contributed by atoms with Crippen molar-refractivity contribution >= 4 is 16.0 Å². The molecule has 7 heteroatoms. The Morgan fingerprint density at radius 2 is 1.81 bits per heavy atom. The maximum atomic E-state index is 12.5. The molecule has 0 spiro atoms. The van der Waals surface area contributed by atoms with Crippen LogP contribution >= 0.6 is 0 Å². The minimum Gasteiger partial charge on any atom is -0.354 e. The largest absolute Gasteiger partial charge is 0.354 e. The average molecular weight is 312 g/mol. The van der Waals surface area contributed by atoms with E-state index in [4.69, 9.17) is 0 Å². The number of hydrogen-bond donors (Lipinski definition) is 1. The summed E-state index contributed by atoms with van der Waals surface area (Å²) < 4.78 is 26.6. The molecule has 1 aliphatic rings. The Hall–Kier alpha value is -1.21. The highest BCUT2D eigenvalue weighted by Crippen LogP contribution is 2.32. The number of anilines is 1. The molecular weight excluding hydrogens is 288 g/mol. The number of rotatable bonds is 5. The van der Waals surface area contributed by atoms with Crippen molar-refractivity contribution in [1.29, 1.82) is 0 Å². The number of sulfonamides is 1. The molecule has 1 aliphatic heterocycles. The van der Waals surface area contributed by atoms with Crippen LogP contribution in [0.3, 0.4) is 0 Å². The summed E-state index contributed by atoms with van der Waals surface area (Å²) in [6.45, 7) is 8.29. The summed E-state index contributed by atoms with van der Waals surface area (Å²) in [7, 11) is -3.47. The number of aromatic nitrogens is 2. The minimum absolute atomic E-state index is 0.171. The van der Waals surface area contributed by atoms with Crippen LogP contribution in [0.1, 0.15) is 40.0 Å². The molecule has 1 N–H and O–H groups in total. The molecule has 1 aromatic rings. The molecular formula is C14H24N4O2S. The third kappa shape index (κ3) is 3.91. The second kappa shape index (κ2) is 6.27. The van der Waals surface area contributed by atoms with Crippen molar-refractivity contribution in [2.24, 2.45) is 5.41 Å². The zero-order chi connectivity index (χ0) is 15.5. The van der Waals surface area contributed by atoms with Crippen molar-refractivity contribution in [3.05, 3.63) is 12.4 Å². The lowest BCUT2D eigenvalue weighted by Crippen LogP contribution is -2.41. The van der Waals surface area contributed by atoms with Gasteiger partial charge in [-0.15, -0.1) is 0 Å². The van der Waals surface area contributed by atoms with Crippen LogP contribution in [0.25, 0.3) is 0 Å². The Kier molecular flexibility index (Phi) is 4.83. The van der Waals surface area contributed by atoms with Crippen molar-refractivity contribution in [1.82, 2.24) is 14.3 Å². The van der Waals surface area contributed by atoms with Crippen molar-refractivity contribution in [2.45, 2.75) is 44.9 Å². The van der Waals surface area contributed by atoms with E-state index < -0.39 is 10.0 Å². The first-order valence-corrected chi connectivity index (χ1v) is 8.85. The van der Waals surface area contributed by atoms with Crippen LogP contribution in [0.4, 0.5) is 5.95 Å². The average Bonchev–Trinajstić information content (AvgIpc) is 2.45. The van der Waals surface area contributed by atoms with Gasteiger partial charge in [0.05, 0.1) is 12.4 Å². The van der Waals surface area contributed by atoms with Gasteiger partial charge in [-0.2, -0.15) is 4.31 Å². The highest BCUT2D eigenvalue weighted by atomic mass is 32.2. The molecule has 0 atom stereocenters. The van der Waals surface area contributed by atoms with Crippen LogP contribution in [0.15, 0.2) is 17.3 Å². The zero-order valence-corrected chi connectivity index (χ0v) is 13.8. The molecule has 1 aromatic heterocycles. The Morgan fingerprint density at radius 3 is 2.33 bits per heavy atom. The first-order valence-electron chi connectivity index (χ1n) is 7.41. The van der Waals surface area contributed by atoms with E-state index in [0.29, 0.717) is 19.0 Å². The second-order valence-electron chi connectivity index (χ2n) is 6.24. The quantitative estimate of drug-likeness (QED) is 0.901. The van der Waals surface area contributed by atoms with E-state index in [0.717, 1.165) is 25.8 Å². The van der Waals surface area contributed by atoms with E-state index >= 15 is 0 Å². The fraction of sp³-hybridized carbons (Fsp3) is 0.714. The Morgan fingerprint density at radius 1 is 1.24 bits per heavy atom. The Bertz CT molecular complexity index is 559. The zero-order valence-electron chi connectivity index (χ0n) is 13.0. The number of hydrogen-bond acceptors (Lipinski definition) is 5. The topological polar surface area (TPSA) is 75.2 Å². The van der Waals surface area contributed by atoms with Gasteiger partial charge in [0.25, 0.3) is 0 Å². The highest BCUT2D eigenvalue weighted by molar-refractivity contribution is 7.89. The van der Waals surface area contributed by atoms with E-state index in [-0.39, 0.29) is 10.3 Å². The maximum absolute atomic E-state index is 12.5. The highest BCUT2D eigenvalue weighted by Gasteiger charge is 2.33. The first kappa shape index (κ1) is 16.2. The maximum Gasteiger partial charge on any atom is 0.246 e. The van der Waals surface area contributed by atoms with Crippen LogP contribution in [0.2, 0.25) is 0 Å². The van der Waals surface area contributed by atoms with Crippen LogP contribution in [-0.4, -0.2) is 42.3 Å². The van der Waals surface area contributed by atoms with Gasteiger partial charge in [0.15, 0.2) is 0 Å². The summed E-state index contributed by atoms with van der Waals surface area (Å²) in [6.07, 6.45) is 5.50. The van der Waals surface area contributed by atoms with Crippen LogP contribution in [-0.2, 0) is 10.0 Å². The third-order valence-electron chi connectivity index (χ3n) is 3.88. The predicted molar refractivity (Wildman–Crippen MR) is 82.6 cm³/mol. The van der Waals surface area contributed by atoms with Gasteiger partial charge in [-0.3, -0.25) is 0 Å². The summed E-state index contributed by atoms with van der Waals surface area (Å²) in [6, 6.07) is 0. The van der Waals surface area contributed by atoms with E-state index in [9.17, 15) is 8.42 Å². The number of nitrogens with zero attached hydrogens (tertiary/aromatic N) is 3. The molecule has 0 radical (unpaired) electrons. The van der Waals surface area contributed by atoms with Gasteiger partial charge < -0.3 is 5.32 Å². The molecule has 0 aromatic carbocycles. The van der Waals surface area contributed by atoms with Gasteiger partial charge in [0.2, 0.25) is 16.0 Å². The van der Waals surface area contributed by atoms with Gasteiger partial charge >= 0.3 is 0 Å². The second-order valence-corrected chi connectivity index (χ2v) is 8.18. The molecule has 6 nitrogen and oxygen atoms in total. The van der Waals surface area contributed by atoms with Crippen molar-refractivity contribution in [2.75, 3.05) is 25.0 Å². The van der Waals surface area contributed by atoms with Crippen molar-refractivity contribution < 1.29 is 8.42 Å². The summed E-state index contributed by atoms with van der Waals surface area (Å²) >= 11 is 0. The molecule has 118 valence electrons. The molecule has 1 saturated heterocycles. The number of piperidine rings is 1. The number of nitrogens with one attached hydrogen (secondary N) is 1. The van der Waals surface area contributed by atoms with E-state index in [1.54, 1.807) is 0 Å². The van der Waals surface area contributed by atoms with E-state index in [1.165, 1.54) is 16.7 Å². The molecule has 2 rings (SSSR count). The lowest BCUT2D eigenvalue weighted by Gasteiger charge is -2.35. The smallest absolute Gasteiger partial charge is 0.246 e. The normalized spacial score (nSPS) is 19.4. The van der Waals surface area contributed by atoms with Gasteiger partial charge in [-0.1, -0.05) is 20.8 Å². The van der Waals surface area contributed by atoms with E-state index in [1.807, 2.05) is 6.92 Å². The van der Waals surface area contributed by atoms with Crippen molar-refractivity contribution in [3.63, 3.8) is 0 Å². The van der Waals surface area contributed by atoms with Gasteiger partial charge in [0, 0.05) is 19.6 Å².